The molecular weight excluding hydrogens is 399 g/mol. The van der Waals surface area contributed by atoms with E-state index in [9.17, 15) is 18.1 Å². The minimum atomic E-state index is -4.67. The predicted octanol–water partition coefficient (Wildman–Crippen LogP) is 3.68. The molecule has 0 aromatic carbocycles. The zero-order valence-electron chi connectivity index (χ0n) is 19.0. The molecular formula is C22H45KO4S. The summed E-state index contributed by atoms with van der Waals surface area (Å²) in [6.45, 7) is 4.39. The van der Waals surface area contributed by atoms with E-state index in [-0.39, 0.29) is 64.2 Å². The summed E-state index contributed by atoms with van der Waals surface area (Å²) in [5, 5.41) is 10.4. The van der Waals surface area contributed by atoms with E-state index in [4.69, 9.17) is 0 Å². The minimum absolute atomic E-state index is 0. The maximum atomic E-state index is 11.5. The van der Waals surface area contributed by atoms with Gasteiger partial charge in [0.1, 0.15) is 10.1 Å². The van der Waals surface area contributed by atoms with Gasteiger partial charge in [-0.25, -0.2) is 8.42 Å². The average Bonchev–Trinajstić information content (AvgIpc) is 2.61. The Morgan fingerprint density at radius 3 is 1.11 bits per heavy atom. The molecule has 1 N–H and O–H groups in total. The average molecular weight is 445 g/mol. The van der Waals surface area contributed by atoms with Crippen LogP contribution in [0.25, 0.3) is 0 Å². The van der Waals surface area contributed by atoms with Gasteiger partial charge >= 0.3 is 51.4 Å². The summed E-state index contributed by atoms with van der Waals surface area (Å²) in [6, 6.07) is 0. The van der Waals surface area contributed by atoms with Crippen LogP contribution in [-0.4, -0.2) is 23.0 Å². The van der Waals surface area contributed by atoms with Crippen LogP contribution in [0, 0.1) is 0 Å². The van der Waals surface area contributed by atoms with Gasteiger partial charge in [-0.2, -0.15) is 0 Å². The fraction of sp³-hybridized carbons (Fsp3) is 1.00. The second-order valence-electron chi connectivity index (χ2n) is 8.20. The van der Waals surface area contributed by atoms with Gasteiger partial charge in [0, 0.05) is 0 Å². The van der Waals surface area contributed by atoms with Crippen molar-refractivity contribution in [1.82, 2.24) is 0 Å². The molecule has 0 saturated carbocycles. The van der Waals surface area contributed by atoms with Gasteiger partial charge in [0.2, 0.25) is 0 Å². The first kappa shape index (κ1) is 31.7. The van der Waals surface area contributed by atoms with Crippen molar-refractivity contribution in [1.29, 1.82) is 0 Å². The van der Waals surface area contributed by atoms with Crippen LogP contribution < -0.4 is 51.4 Å². The van der Waals surface area contributed by atoms with Crippen molar-refractivity contribution in [2.75, 3.05) is 0 Å². The molecule has 0 aliphatic heterocycles. The molecule has 0 heterocycles. The maximum Gasteiger partial charge on any atom is 1.00 e. The Balaban J connectivity index is 0. The van der Waals surface area contributed by atoms with Crippen molar-refractivity contribution in [3.05, 3.63) is 0 Å². The number of rotatable bonds is 20. The molecule has 0 saturated heterocycles. The first-order valence-corrected chi connectivity index (χ1v) is 13.0. The van der Waals surface area contributed by atoms with Gasteiger partial charge in [-0.05, 0) is 25.7 Å². The zero-order valence-corrected chi connectivity index (χ0v) is 23.0. The Bertz CT molecular complexity index is 428. The van der Waals surface area contributed by atoms with E-state index < -0.39 is 15.1 Å². The Labute approximate surface area is 218 Å². The van der Waals surface area contributed by atoms with Gasteiger partial charge in [-0.1, -0.05) is 110 Å². The van der Waals surface area contributed by atoms with Crippen molar-refractivity contribution in [2.24, 2.45) is 0 Å². The van der Waals surface area contributed by atoms with Crippen molar-refractivity contribution in [2.45, 2.75) is 141 Å². The Morgan fingerprint density at radius 2 is 0.857 bits per heavy atom. The van der Waals surface area contributed by atoms with Crippen molar-refractivity contribution in [3.8, 4) is 0 Å². The first-order chi connectivity index (χ1) is 12.9. The molecule has 164 valence electrons. The molecule has 0 amide bonds. The Kier molecular flexibility index (Phi) is 23.1. The smallest absolute Gasteiger partial charge is 0.746 e. The monoisotopic (exact) mass is 444 g/mol. The van der Waals surface area contributed by atoms with E-state index in [1.807, 2.05) is 0 Å². The minimum Gasteiger partial charge on any atom is -0.746 e. The summed E-state index contributed by atoms with van der Waals surface area (Å²) in [5.41, 5.74) is 0. The standard InChI is InChI=1S/C22H46O4S.K/c1-3-5-7-9-11-12-13-15-17-19-21-22(23,27(24,25)26)20-18-16-14-10-8-6-4-2;/h23H,3-21H2,1-2H3,(H,24,25,26);/q;+1/p-1. The molecule has 0 radical (unpaired) electrons. The van der Waals surface area contributed by atoms with Gasteiger partial charge in [0.05, 0.1) is 0 Å². The maximum absolute atomic E-state index is 11.5. The molecule has 0 aromatic heterocycles. The molecule has 4 nitrogen and oxygen atoms in total. The third-order valence-electron chi connectivity index (χ3n) is 5.56. The fourth-order valence-corrected chi connectivity index (χ4v) is 4.41. The van der Waals surface area contributed by atoms with E-state index >= 15 is 0 Å². The van der Waals surface area contributed by atoms with E-state index in [0.717, 1.165) is 38.5 Å². The third kappa shape index (κ3) is 17.2. The molecule has 1 atom stereocenters. The van der Waals surface area contributed by atoms with Crippen LogP contribution in [0.3, 0.4) is 0 Å². The van der Waals surface area contributed by atoms with Gasteiger partial charge < -0.3 is 9.66 Å². The summed E-state index contributed by atoms with van der Waals surface area (Å²) in [6.07, 6.45) is 19.0. The van der Waals surface area contributed by atoms with Crippen LogP contribution in [0.1, 0.15) is 136 Å². The molecule has 28 heavy (non-hydrogen) atoms. The van der Waals surface area contributed by atoms with Crippen LogP contribution in [0.5, 0.6) is 0 Å². The predicted molar refractivity (Wildman–Crippen MR) is 114 cm³/mol. The summed E-state index contributed by atoms with van der Waals surface area (Å²) in [7, 11) is -4.67. The Hall–Kier alpha value is 1.51. The summed E-state index contributed by atoms with van der Waals surface area (Å²) in [4.78, 5) is -2.06. The second-order valence-corrected chi connectivity index (χ2v) is 9.87. The normalized spacial score (nSPS) is 13.9. The number of hydrogen-bond donors (Lipinski definition) is 1. The fourth-order valence-electron chi connectivity index (χ4n) is 3.62. The molecule has 0 aromatic rings. The van der Waals surface area contributed by atoms with Crippen LogP contribution in [0.4, 0.5) is 0 Å². The number of aliphatic hydroxyl groups is 1. The number of hydrogen-bond acceptors (Lipinski definition) is 4. The van der Waals surface area contributed by atoms with Crippen LogP contribution in [-0.2, 0) is 10.1 Å². The van der Waals surface area contributed by atoms with E-state index in [1.54, 1.807) is 0 Å². The molecule has 0 rings (SSSR count). The molecule has 0 fully saturated rings. The van der Waals surface area contributed by atoms with Gasteiger partial charge in [0.15, 0.2) is 4.93 Å². The SMILES string of the molecule is CCCCCCCCCCCCC(O)(CCCCCCCCC)S(=O)(=O)[O-].[K+]. The van der Waals surface area contributed by atoms with Gasteiger partial charge in [-0.3, -0.25) is 0 Å². The van der Waals surface area contributed by atoms with Crippen molar-refractivity contribution < 1.29 is 69.5 Å². The van der Waals surface area contributed by atoms with E-state index in [0.29, 0.717) is 12.8 Å². The van der Waals surface area contributed by atoms with Crippen LogP contribution >= 0.6 is 0 Å². The molecule has 0 spiro atoms. The van der Waals surface area contributed by atoms with Crippen LogP contribution in [0.15, 0.2) is 0 Å². The molecule has 0 bridgehead atoms. The topological polar surface area (TPSA) is 77.4 Å². The molecule has 1 unspecified atom stereocenters. The van der Waals surface area contributed by atoms with E-state index in [2.05, 4.69) is 13.8 Å². The third-order valence-corrected chi connectivity index (χ3v) is 6.90. The summed E-state index contributed by atoms with van der Waals surface area (Å²) < 4.78 is 34.6. The van der Waals surface area contributed by atoms with Crippen molar-refractivity contribution in [3.63, 3.8) is 0 Å². The summed E-state index contributed by atoms with van der Waals surface area (Å²) in [5.74, 6) is 0. The number of unbranched alkanes of at least 4 members (excludes halogenated alkanes) is 15. The van der Waals surface area contributed by atoms with Gasteiger partial charge in [-0.15, -0.1) is 0 Å². The van der Waals surface area contributed by atoms with E-state index in [1.165, 1.54) is 57.8 Å². The quantitative estimate of drug-likeness (QED) is 0.176. The molecule has 6 heteroatoms. The molecule has 0 aliphatic rings. The zero-order chi connectivity index (χ0) is 20.4. The largest absolute Gasteiger partial charge is 1.00 e. The van der Waals surface area contributed by atoms with Crippen molar-refractivity contribution >= 4 is 10.1 Å². The van der Waals surface area contributed by atoms with Crippen LogP contribution in [0.2, 0.25) is 0 Å². The Morgan fingerprint density at radius 1 is 0.607 bits per heavy atom. The second kappa shape index (κ2) is 20.4. The first-order valence-electron chi connectivity index (χ1n) is 11.5. The molecule has 0 aliphatic carbocycles. The summed E-state index contributed by atoms with van der Waals surface area (Å²) >= 11 is 0. The van der Waals surface area contributed by atoms with Gasteiger partial charge in [0.25, 0.3) is 0 Å².